The molecule has 2 aliphatic rings. The summed E-state index contributed by atoms with van der Waals surface area (Å²) in [6.45, 7) is 2.13. The van der Waals surface area contributed by atoms with Crippen molar-refractivity contribution in [1.29, 1.82) is 0 Å². The van der Waals surface area contributed by atoms with Gasteiger partial charge in [0.25, 0.3) is 5.91 Å². The molecule has 34 heavy (non-hydrogen) atoms. The molecule has 0 bridgehead atoms. The van der Waals surface area contributed by atoms with Gasteiger partial charge in [-0.1, -0.05) is 30.3 Å². The number of halogens is 3. The van der Waals surface area contributed by atoms with Crippen LogP contribution in [0.4, 0.5) is 13.2 Å². The van der Waals surface area contributed by atoms with Gasteiger partial charge in [0.15, 0.2) is 0 Å². The number of rotatable bonds is 5. The Hall–Kier alpha value is -3.40. The van der Waals surface area contributed by atoms with Gasteiger partial charge in [-0.2, -0.15) is 18.3 Å². The van der Waals surface area contributed by atoms with Gasteiger partial charge >= 0.3 is 6.18 Å². The molecule has 0 saturated carbocycles. The third kappa shape index (κ3) is 4.37. The molecule has 1 aromatic carbocycles. The Kier molecular flexibility index (Phi) is 5.99. The Morgan fingerprint density at radius 2 is 1.97 bits per heavy atom. The summed E-state index contributed by atoms with van der Waals surface area (Å²) in [5.74, 6) is -0.0503. The van der Waals surface area contributed by atoms with E-state index in [1.807, 2.05) is 35.0 Å². The van der Waals surface area contributed by atoms with Gasteiger partial charge in [0, 0.05) is 24.4 Å². The van der Waals surface area contributed by atoms with Gasteiger partial charge in [-0.25, -0.2) is 4.98 Å². The highest BCUT2D eigenvalue weighted by Crippen LogP contribution is 2.32. The first kappa shape index (κ1) is 22.4. The molecule has 2 aliphatic heterocycles. The van der Waals surface area contributed by atoms with Crippen LogP contribution in [0.5, 0.6) is 5.88 Å². The lowest BCUT2D eigenvalue weighted by Gasteiger charge is -2.25. The zero-order valence-corrected chi connectivity index (χ0v) is 18.3. The monoisotopic (exact) mass is 472 g/mol. The largest absolute Gasteiger partial charge is 0.475 e. The minimum absolute atomic E-state index is 0.0913. The summed E-state index contributed by atoms with van der Waals surface area (Å²) >= 11 is 0. The summed E-state index contributed by atoms with van der Waals surface area (Å²) in [5, 5.41) is 4.72. The number of aromatic nitrogens is 3. The van der Waals surface area contributed by atoms with Crippen molar-refractivity contribution in [1.82, 2.24) is 19.7 Å². The molecule has 7 nitrogen and oxygen atoms in total. The second kappa shape index (κ2) is 9.09. The van der Waals surface area contributed by atoms with E-state index in [4.69, 9.17) is 14.6 Å². The maximum atomic E-state index is 13.8. The van der Waals surface area contributed by atoms with Crippen molar-refractivity contribution >= 4 is 5.91 Å². The maximum Gasteiger partial charge on any atom is 0.417 e. The van der Waals surface area contributed by atoms with Crippen molar-refractivity contribution in [3.8, 4) is 17.1 Å². The molecule has 1 fully saturated rings. The van der Waals surface area contributed by atoms with E-state index in [9.17, 15) is 18.0 Å². The number of carbonyl (C=O) groups excluding carboxylic acids is 1. The Morgan fingerprint density at radius 3 is 2.71 bits per heavy atom. The molecule has 1 atom stereocenters. The van der Waals surface area contributed by atoms with Crippen LogP contribution >= 0.6 is 0 Å². The van der Waals surface area contributed by atoms with Gasteiger partial charge in [0.05, 0.1) is 42.6 Å². The third-order valence-electron chi connectivity index (χ3n) is 6.13. The number of fused-ring (bicyclic) bond motifs is 1. The lowest BCUT2D eigenvalue weighted by molar-refractivity contribution is -0.137. The van der Waals surface area contributed by atoms with E-state index >= 15 is 0 Å². The molecule has 0 spiro atoms. The molecule has 0 aliphatic carbocycles. The number of hydrogen-bond donors (Lipinski definition) is 0. The van der Waals surface area contributed by atoms with E-state index in [2.05, 4.69) is 4.98 Å². The topological polar surface area (TPSA) is 69.5 Å². The van der Waals surface area contributed by atoms with E-state index in [-0.39, 0.29) is 24.4 Å². The number of nitrogens with zero attached hydrogens (tertiary/aromatic N) is 4. The zero-order chi connectivity index (χ0) is 23.7. The van der Waals surface area contributed by atoms with Crippen LogP contribution in [0.2, 0.25) is 0 Å². The lowest BCUT2D eigenvalue weighted by atomic mass is 10.0. The van der Waals surface area contributed by atoms with Crippen LogP contribution < -0.4 is 4.74 Å². The molecule has 5 rings (SSSR count). The van der Waals surface area contributed by atoms with Crippen LogP contribution in [0.1, 0.15) is 34.5 Å². The second-order valence-corrected chi connectivity index (χ2v) is 8.30. The number of benzene rings is 1. The summed E-state index contributed by atoms with van der Waals surface area (Å²) < 4.78 is 51.4. The van der Waals surface area contributed by atoms with E-state index in [1.54, 1.807) is 4.90 Å². The fourth-order valence-electron chi connectivity index (χ4n) is 4.41. The normalized spacial score (nSPS) is 18.1. The van der Waals surface area contributed by atoms with Crippen molar-refractivity contribution in [3.63, 3.8) is 0 Å². The average molecular weight is 472 g/mol. The van der Waals surface area contributed by atoms with Crippen LogP contribution in [-0.2, 0) is 24.1 Å². The minimum Gasteiger partial charge on any atom is -0.475 e. The number of likely N-dealkylation sites (tertiary alicyclic amines) is 1. The Morgan fingerprint density at radius 1 is 1.15 bits per heavy atom. The Balaban J connectivity index is 1.37. The number of ether oxygens (including phenoxy) is 2. The van der Waals surface area contributed by atoms with Crippen molar-refractivity contribution in [2.45, 2.75) is 38.2 Å². The van der Waals surface area contributed by atoms with Gasteiger partial charge in [-0.05, 0) is 18.9 Å². The molecule has 0 unspecified atom stereocenters. The van der Waals surface area contributed by atoms with Crippen LogP contribution in [0.3, 0.4) is 0 Å². The van der Waals surface area contributed by atoms with Crippen molar-refractivity contribution < 1.29 is 27.4 Å². The SMILES string of the molecule is O=C(c1c(-c2ccccc2)nn2c1COCC2)N1CCC[C@H]1COc1ccc(C(F)(F)F)cn1. The van der Waals surface area contributed by atoms with E-state index in [0.29, 0.717) is 37.6 Å². The molecule has 1 saturated heterocycles. The summed E-state index contributed by atoms with van der Waals surface area (Å²) in [6.07, 6.45) is -2.17. The van der Waals surface area contributed by atoms with Crippen LogP contribution in [0.15, 0.2) is 48.7 Å². The molecular formula is C24H23F3N4O3. The van der Waals surface area contributed by atoms with Gasteiger partial charge < -0.3 is 14.4 Å². The van der Waals surface area contributed by atoms with Gasteiger partial charge in [0.1, 0.15) is 12.3 Å². The molecule has 3 aromatic rings. The molecule has 2 aromatic heterocycles. The van der Waals surface area contributed by atoms with Crippen LogP contribution in [0.25, 0.3) is 11.3 Å². The first-order valence-corrected chi connectivity index (χ1v) is 11.1. The van der Waals surface area contributed by atoms with Crippen LogP contribution in [0, 0.1) is 0 Å². The first-order valence-electron chi connectivity index (χ1n) is 11.1. The number of alkyl halides is 3. The highest BCUT2D eigenvalue weighted by Gasteiger charge is 2.36. The van der Waals surface area contributed by atoms with Gasteiger partial charge in [0.2, 0.25) is 5.88 Å². The van der Waals surface area contributed by atoms with Gasteiger partial charge in [-0.15, -0.1) is 0 Å². The zero-order valence-electron chi connectivity index (χ0n) is 18.3. The van der Waals surface area contributed by atoms with Gasteiger partial charge in [-0.3, -0.25) is 9.48 Å². The number of pyridine rings is 1. The summed E-state index contributed by atoms with van der Waals surface area (Å²) in [4.78, 5) is 19.3. The molecule has 0 N–H and O–H groups in total. The average Bonchev–Trinajstić information content (AvgIpc) is 3.47. The fraction of sp³-hybridized carbons (Fsp3) is 0.375. The Bertz CT molecular complexity index is 1160. The van der Waals surface area contributed by atoms with Crippen molar-refractivity contribution in [3.05, 3.63) is 65.5 Å². The number of hydrogen-bond acceptors (Lipinski definition) is 5. The summed E-state index contributed by atoms with van der Waals surface area (Å²) in [6, 6.07) is 11.5. The standard InChI is InChI=1S/C24H23F3N4O3/c25-24(26,27)17-8-9-20(28-13-17)34-14-18-7-4-10-30(18)23(32)21-19-15-33-12-11-31(19)29-22(21)16-5-2-1-3-6-16/h1-3,5-6,8-9,13,18H,4,7,10-12,14-15H2/t18-/m0/s1. The number of carbonyl (C=O) groups is 1. The highest BCUT2D eigenvalue weighted by atomic mass is 19.4. The molecular weight excluding hydrogens is 449 g/mol. The molecule has 4 heterocycles. The molecule has 10 heteroatoms. The predicted octanol–water partition coefficient (Wildman–Crippen LogP) is 4.18. The number of amides is 1. The summed E-state index contributed by atoms with van der Waals surface area (Å²) in [7, 11) is 0. The Labute approximate surface area is 194 Å². The van der Waals surface area contributed by atoms with Crippen molar-refractivity contribution in [2.75, 3.05) is 19.8 Å². The summed E-state index contributed by atoms with van der Waals surface area (Å²) in [5.41, 5.74) is 1.94. The highest BCUT2D eigenvalue weighted by molar-refractivity contribution is 6.01. The second-order valence-electron chi connectivity index (χ2n) is 8.30. The lowest BCUT2D eigenvalue weighted by Crippen LogP contribution is -2.39. The fourth-order valence-corrected chi connectivity index (χ4v) is 4.41. The molecule has 1 amide bonds. The van der Waals surface area contributed by atoms with E-state index < -0.39 is 11.7 Å². The van der Waals surface area contributed by atoms with Crippen molar-refractivity contribution in [2.24, 2.45) is 0 Å². The smallest absolute Gasteiger partial charge is 0.417 e. The predicted molar refractivity (Wildman–Crippen MR) is 116 cm³/mol. The minimum atomic E-state index is -4.45. The molecule has 0 radical (unpaired) electrons. The first-order chi connectivity index (χ1) is 16.4. The van der Waals surface area contributed by atoms with E-state index in [1.165, 1.54) is 6.07 Å². The quantitative estimate of drug-likeness (QED) is 0.557. The molecule has 178 valence electrons. The van der Waals surface area contributed by atoms with Crippen LogP contribution in [-0.4, -0.2) is 51.4 Å². The third-order valence-corrected chi connectivity index (χ3v) is 6.13. The van der Waals surface area contributed by atoms with E-state index in [0.717, 1.165) is 36.4 Å². The maximum absolute atomic E-state index is 13.8.